The van der Waals surface area contributed by atoms with E-state index >= 15 is 0 Å². The number of rotatable bonds is 0. The molecule has 0 radical (unpaired) electrons. The standard InChI is InChI=1S/CH4O.CH2O/c2*1-2/h2H,1H3;1H2. The van der Waals surface area contributed by atoms with Crippen LogP contribution >= 0.6 is 0 Å². The first-order valence-corrected chi connectivity index (χ1v) is 0.736. The minimum Gasteiger partial charge on any atom is -0.400 e. The summed E-state index contributed by atoms with van der Waals surface area (Å²) in [6.07, 6.45) is 0. The Morgan fingerprint density at radius 3 is 1.50 bits per heavy atom. The Labute approximate surface area is 25.1 Å². The number of aliphatic hydroxyl groups is 1. The fraction of sp³-hybridized carbons (Fsp3) is 0.500. The van der Waals surface area contributed by atoms with E-state index in [0.717, 1.165) is 7.11 Å². The van der Waals surface area contributed by atoms with Crippen molar-refractivity contribution in [2.45, 2.75) is 0 Å². The molecule has 0 unspecified atom stereocenters. The summed E-state index contributed by atoms with van der Waals surface area (Å²) in [6, 6.07) is 0. The van der Waals surface area contributed by atoms with Gasteiger partial charge in [0.25, 0.3) is 0 Å². The zero-order valence-electron chi connectivity index (χ0n) is 2.56. The highest BCUT2D eigenvalue weighted by Crippen LogP contribution is 0.755. The van der Waals surface area contributed by atoms with Gasteiger partial charge in [0.15, 0.2) is 0 Å². The summed E-state index contributed by atoms with van der Waals surface area (Å²) in [4.78, 5) is 8.00. The van der Waals surface area contributed by atoms with Crippen molar-refractivity contribution in [3.63, 3.8) is 0 Å². The lowest BCUT2D eigenvalue weighted by molar-refractivity contribution is -0.0979. The van der Waals surface area contributed by atoms with Crippen LogP contribution < -0.4 is 0 Å². The van der Waals surface area contributed by atoms with Crippen LogP contribution in [0.2, 0.25) is 0 Å². The molecule has 0 rings (SSSR count). The van der Waals surface area contributed by atoms with Crippen molar-refractivity contribution in [1.29, 1.82) is 0 Å². The number of hydrogen-bond donors (Lipinski definition) is 1. The Morgan fingerprint density at radius 1 is 1.50 bits per heavy atom. The van der Waals surface area contributed by atoms with Gasteiger partial charge in [0, 0.05) is 7.11 Å². The van der Waals surface area contributed by atoms with E-state index in [1.807, 2.05) is 6.79 Å². The summed E-state index contributed by atoms with van der Waals surface area (Å²) in [5, 5.41) is 7.00. The first-order chi connectivity index (χ1) is 2.00. The van der Waals surface area contributed by atoms with Crippen LogP contribution in [0.3, 0.4) is 0 Å². The first kappa shape index (κ1) is 9.45. The molecule has 0 fully saturated rings. The summed E-state index contributed by atoms with van der Waals surface area (Å²) in [5.41, 5.74) is 0. The van der Waals surface area contributed by atoms with Gasteiger partial charge in [-0.2, -0.15) is 0 Å². The third kappa shape index (κ3) is 4.73. The molecule has 0 saturated heterocycles. The molecule has 0 amide bonds. The van der Waals surface area contributed by atoms with Crippen LogP contribution in [0.25, 0.3) is 0 Å². The van der Waals surface area contributed by atoms with Crippen LogP contribution in [-0.4, -0.2) is 19.0 Å². The van der Waals surface area contributed by atoms with Crippen molar-refractivity contribution in [1.82, 2.24) is 0 Å². The van der Waals surface area contributed by atoms with Gasteiger partial charge in [0.05, 0.1) is 0 Å². The second-order valence-electron chi connectivity index (χ2n) is 0. The van der Waals surface area contributed by atoms with E-state index < -0.39 is 0 Å². The molecule has 0 saturated carbocycles. The molecule has 0 aromatic rings. The fourth-order valence-corrected chi connectivity index (χ4v) is 0. The Morgan fingerprint density at radius 2 is 1.50 bits per heavy atom. The van der Waals surface area contributed by atoms with Gasteiger partial charge in [-0.05, 0) is 0 Å². The summed E-state index contributed by atoms with van der Waals surface area (Å²) in [6.45, 7) is 2.00. The molecular weight excluding hydrogens is 56.0 g/mol. The Hall–Kier alpha value is -0.370. The van der Waals surface area contributed by atoms with Crippen LogP contribution in [0, 0.1) is 0 Å². The molecule has 1 N–H and O–H groups in total. The number of carbonyl (C=O) groups excluding carboxylic acids is 1. The van der Waals surface area contributed by atoms with E-state index in [-0.39, 0.29) is 0 Å². The summed E-state index contributed by atoms with van der Waals surface area (Å²) in [7, 11) is 1.00. The number of aliphatic hydroxyl groups excluding tert-OH is 1. The maximum atomic E-state index is 8.00. The highest BCUT2D eigenvalue weighted by atomic mass is 16.2. The predicted octanol–water partition coefficient (Wildman–Crippen LogP) is -0.576. The Kier molecular flexibility index (Phi) is 121. The zero-order valence-corrected chi connectivity index (χ0v) is 2.56. The highest BCUT2D eigenvalue weighted by Gasteiger charge is 0.839. The van der Waals surface area contributed by atoms with Gasteiger partial charge in [-0.25, -0.2) is 0 Å². The van der Waals surface area contributed by atoms with Gasteiger partial charge in [-0.15, -0.1) is 0 Å². The molecule has 0 aliphatic carbocycles. The lowest BCUT2D eigenvalue weighted by Gasteiger charge is -1.21. The van der Waals surface area contributed by atoms with Gasteiger partial charge < -0.3 is 9.90 Å². The Balaban J connectivity index is 0. The molecule has 0 heterocycles. The maximum Gasteiger partial charge on any atom is 0.106 e. The summed E-state index contributed by atoms with van der Waals surface area (Å²) in [5.74, 6) is 0. The maximum absolute atomic E-state index is 8.00. The monoisotopic (exact) mass is 62.0 g/mol. The fourth-order valence-electron chi connectivity index (χ4n) is 0. The average molecular weight is 62.1 g/mol. The minimum atomic E-state index is 1.00. The van der Waals surface area contributed by atoms with Gasteiger partial charge in [0.1, 0.15) is 6.79 Å². The van der Waals surface area contributed by atoms with Gasteiger partial charge >= 0.3 is 0 Å². The van der Waals surface area contributed by atoms with E-state index in [4.69, 9.17) is 9.90 Å². The quantitative estimate of drug-likeness (QED) is 0.407. The number of hydrogen-bond acceptors (Lipinski definition) is 2. The SMILES string of the molecule is C=O.CO. The minimum absolute atomic E-state index is 1.00. The normalized spacial score (nSPS) is 2.50. The van der Waals surface area contributed by atoms with Crippen LogP contribution in [0.5, 0.6) is 0 Å². The molecule has 26 valence electrons. The van der Waals surface area contributed by atoms with E-state index in [9.17, 15) is 0 Å². The molecule has 0 aliphatic heterocycles. The topological polar surface area (TPSA) is 37.3 Å². The van der Waals surface area contributed by atoms with E-state index in [0.29, 0.717) is 0 Å². The lowest BCUT2D eigenvalue weighted by atomic mass is 11.8. The lowest BCUT2D eigenvalue weighted by Crippen LogP contribution is -1.25. The number of carbonyl (C=O) groups is 1. The van der Waals surface area contributed by atoms with Gasteiger partial charge in [0.2, 0.25) is 0 Å². The van der Waals surface area contributed by atoms with Crippen LogP contribution in [-0.2, 0) is 4.79 Å². The van der Waals surface area contributed by atoms with Crippen LogP contribution in [0.1, 0.15) is 0 Å². The second kappa shape index (κ2) is 51.0. The molecule has 0 bridgehead atoms. The largest absolute Gasteiger partial charge is 0.400 e. The van der Waals surface area contributed by atoms with Gasteiger partial charge in [-0.1, -0.05) is 0 Å². The molecular formula is C2H6O2. The van der Waals surface area contributed by atoms with E-state index in [2.05, 4.69) is 0 Å². The Bertz CT molecular complexity index is 4.00. The van der Waals surface area contributed by atoms with Crippen LogP contribution in [0.4, 0.5) is 0 Å². The first-order valence-electron chi connectivity index (χ1n) is 0.736. The molecule has 0 aromatic heterocycles. The smallest absolute Gasteiger partial charge is 0.106 e. The zero-order chi connectivity index (χ0) is 4.00. The summed E-state index contributed by atoms with van der Waals surface area (Å²) < 4.78 is 0. The molecule has 0 spiro atoms. The molecule has 4 heavy (non-hydrogen) atoms. The van der Waals surface area contributed by atoms with E-state index in [1.165, 1.54) is 0 Å². The van der Waals surface area contributed by atoms with Gasteiger partial charge in [-0.3, -0.25) is 0 Å². The van der Waals surface area contributed by atoms with Crippen molar-refractivity contribution < 1.29 is 9.90 Å². The third-order valence-corrected chi connectivity index (χ3v) is 0. The molecule has 0 aromatic carbocycles. The highest BCUT2D eigenvalue weighted by molar-refractivity contribution is 5.10. The van der Waals surface area contributed by atoms with E-state index in [1.54, 1.807) is 0 Å². The van der Waals surface area contributed by atoms with Crippen molar-refractivity contribution in [3.8, 4) is 0 Å². The average Bonchev–Trinajstić information content (AvgIpc) is 1.50. The molecule has 2 heteroatoms. The third-order valence-electron chi connectivity index (χ3n) is 0. The van der Waals surface area contributed by atoms with Crippen molar-refractivity contribution >= 4 is 6.79 Å². The molecule has 2 nitrogen and oxygen atoms in total. The molecule has 0 atom stereocenters. The second-order valence-corrected chi connectivity index (χ2v) is 0. The van der Waals surface area contributed by atoms with Crippen LogP contribution in [0.15, 0.2) is 0 Å². The summed E-state index contributed by atoms with van der Waals surface area (Å²) >= 11 is 0. The molecule has 0 aliphatic rings. The van der Waals surface area contributed by atoms with Crippen molar-refractivity contribution in [3.05, 3.63) is 0 Å². The van der Waals surface area contributed by atoms with Crippen molar-refractivity contribution in [2.75, 3.05) is 7.11 Å². The van der Waals surface area contributed by atoms with Crippen molar-refractivity contribution in [2.24, 2.45) is 0 Å². The predicted molar refractivity (Wildman–Crippen MR) is 15.3 cm³/mol.